The largest absolute Gasteiger partial charge is 0.468 e. The Morgan fingerprint density at radius 3 is 3.07 bits per heavy atom. The fourth-order valence-corrected chi connectivity index (χ4v) is 1.58. The molecule has 0 aromatic rings. The van der Waals surface area contributed by atoms with E-state index < -0.39 is 0 Å². The van der Waals surface area contributed by atoms with E-state index in [2.05, 4.69) is 0 Å². The van der Waals surface area contributed by atoms with E-state index >= 15 is 0 Å². The van der Waals surface area contributed by atoms with Crippen LogP contribution < -0.4 is 0 Å². The zero-order valence-electron chi connectivity index (χ0n) is 9.40. The Morgan fingerprint density at radius 2 is 2.40 bits per heavy atom. The van der Waals surface area contributed by atoms with Crippen LogP contribution in [0.1, 0.15) is 6.92 Å². The Morgan fingerprint density at radius 1 is 1.60 bits per heavy atom. The number of nitrogens with zero attached hydrogens (tertiary/aromatic N) is 1. The summed E-state index contributed by atoms with van der Waals surface area (Å²) in [6.45, 7) is 5.89. The first-order valence-corrected chi connectivity index (χ1v) is 5.27. The van der Waals surface area contributed by atoms with Crippen LogP contribution in [0.4, 0.5) is 0 Å². The smallest absolute Gasteiger partial charge is 0.325 e. The number of morpholine rings is 1. The summed E-state index contributed by atoms with van der Waals surface area (Å²) in [5, 5.41) is 0. The van der Waals surface area contributed by atoms with Gasteiger partial charge in [0.1, 0.15) is 6.04 Å². The van der Waals surface area contributed by atoms with Gasteiger partial charge in [0.2, 0.25) is 0 Å². The molecule has 5 nitrogen and oxygen atoms in total. The maximum Gasteiger partial charge on any atom is 0.325 e. The topological polar surface area (TPSA) is 48.0 Å². The van der Waals surface area contributed by atoms with Gasteiger partial charge in [-0.05, 0) is 6.92 Å². The van der Waals surface area contributed by atoms with Crippen LogP contribution >= 0.6 is 0 Å². The van der Waals surface area contributed by atoms with Gasteiger partial charge < -0.3 is 14.2 Å². The van der Waals surface area contributed by atoms with Gasteiger partial charge in [0.15, 0.2) is 0 Å². The van der Waals surface area contributed by atoms with Gasteiger partial charge in [-0.3, -0.25) is 9.69 Å². The summed E-state index contributed by atoms with van der Waals surface area (Å²) in [4.78, 5) is 13.5. The monoisotopic (exact) mass is 217 g/mol. The van der Waals surface area contributed by atoms with Crippen molar-refractivity contribution in [2.45, 2.75) is 13.0 Å². The summed E-state index contributed by atoms with van der Waals surface area (Å²) < 4.78 is 15.2. The normalized spacial score (nSPS) is 22.7. The van der Waals surface area contributed by atoms with E-state index in [0.29, 0.717) is 26.4 Å². The molecule has 0 aliphatic carbocycles. The molecule has 1 aliphatic rings. The second-order valence-corrected chi connectivity index (χ2v) is 3.35. The molecule has 1 heterocycles. The molecule has 15 heavy (non-hydrogen) atoms. The number of hydrogen-bond donors (Lipinski definition) is 0. The van der Waals surface area contributed by atoms with E-state index in [0.717, 1.165) is 13.1 Å². The molecular weight excluding hydrogens is 198 g/mol. The Balaban J connectivity index is 2.39. The van der Waals surface area contributed by atoms with Crippen molar-refractivity contribution in [1.29, 1.82) is 0 Å². The minimum absolute atomic E-state index is 0.230. The van der Waals surface area contributed by atoms with Gasteiger partial charge in [0, 0.05) is 19.7 Å². The molecule has 0 amide bonds. The second-order valence-electron chi connectivity index (χ2n) is 3.35. The highest BCUT2D eigenvalue weighted by Crippen LogP contribution is 2.07. The number of methoxy groups -OCH3 is 1. The Labute approximate surface area is 90.3 Å². The summed E-state index contributed by atoms with van der Waals surface area (Å²) in [6.07, 6.45) is 0. The van der Waals surface area contributed by atoms with Gasteiger partial charge in [0.25, 0.3) is 0 Å². The van der Waals surface area contributed by atoms with Crippen LogP contribution in [0.2, 0.25) is 0 Å². The summed E-state index contributed by atoms with van der Waals surface area (Å²) in [6, 6.07) is -0.274. The van der Waals surface area contributed by atoms with Crippen molar-refractivity contribution in [3.8, 4) is 0 Å². The maximum atomic E-state index is 11.4. The van der Waals surface area contributed by atoms with Crippen LogP contribution in [-0.4, -0.2) is 63.5 Å². The van der Waals surface area contributed by atoms with Crippen LogP contribution in [0.3, 0.4) is 0 Å². The molecule has 1 fully saturated rings. The zero-order chi connectivity index (χ0) is 11.1. The molecule has 0 bridgehead atoms. The van der Waals surface area contributed by atoms with E-state index in [-0.39, 0.29) is 12.0 Å². The Bertz CT molecular complexity index is 198. The lowest BCUT2D eigenvalue weighted by Crippen LogP contribution is -2.51. The fourth-order valence-electron chi connectivity index (χ4n) is 1.58. The number of carbonyl (C=O) groups excluding carboxylic acids is 1. The highest BCUT2D eigenvalue weighted by atomic mass is 16.5. The standard InChI is InChI=1S/C10H19NO4/c1-3-14-6-4-11-5-7-15-8-9(11)10(12)13-2/h9H,3-8H2,1-2H3. The van der Waals surface area contributed by atoms with Gasteiger partial charge in [-0.15, -0.1) is 0 Å². The maximum absolute atomic E-state index is 11.4. The molecule has 1 aliphatic heterocycles. The van der Waals surface area contributed by atoms with E-state index in [1.54, 1.807) is 0 Å². The molecule has 0 aromatic heterocycles. The Kier molecular flexibility index (Phi) is 5.60. The second kappa shape index (κ2) is 6.76. The lowest BCUT2D eigenvalue weighted by Gasteiger charge is -2.33. The van der Waals surface area contributed by atoms with E-state index in [1.807, 2.05) is 11.8 Å². The lowest BCUT2D eigenvalue weighted by atomic mass is 10.2. The number of ether oxygens (including phenoxy) is 3. The molecule has 0 N–H and O–H groups in total. The fraction of sp³-hybridized carbons (Fsp3) is 0.900. The molecule has 1 rings (SSSR count). The summed E-state index contributed by atoms with van der Waals surface area (Å²) in [7, 11) is 1.40. The van der Waals surface area contributed by atoms with Crippen molar-refractivity contribution in [3.05, 3.63) is 0 Å². The van der Waals surface area contributed by atoms with Gasteiger partial charge in [-0.1, -0.05) is 0 Å². The molecule has 1 atom stereocenters. The van der Waals surface area contributed by atoms with Gasteiger partial charge in [0.05, 0.1) is 26.9 Å². The van der Waals surface area contributed by atoms with Crippen LogP contribution in [0, 0.1) is 0 Å². The van der Waals surface area contributed by atoms with E-state index in [1.165, 1.54) is 7.11 Å². The number of rotatable bonds is 5. The minimum Gasteiger partial charge on any atom is -0.468 e. The number of carbonyl (C=O) groups is 1. The quantitative estimate of drug-likeness (QED) is 0.475. The molecular formula is C10H19NO4. The van der Waals surface area contributed by atoms with Crippen LogP contribution in [-0.2, 0) is 19.0 Å². The molecule has 0 aromatic carbocycles. The summed E-state index contributed by atoms with van der Waals surface area (Å²) >= 11 is 0. The van der Waals surface area contributed by atoms with Crippen LogP contribution in [0.5, 0.6) is 0 Å². The van der Waals surface area contributed by atoms with Gasteiger partial charge >= 0.3 is 5.97 Å². The third-order valence-electron chi connectivity index (χ3n) is 2.44. The molecule has 88 valence electrons. The average molecular weight is 217 g/mol. The third-order valence-corrected chi connectivity index (χ3v) is 2.44. The van der Waals surface area contributed by atoms with Crippen molar-refractivity contribution in [2.75, 3.05) is 46.6 Å². The van der Waals surface area contributed by atoms with Gasteiger partial charge in [-0.25, -0.2) is 0 Å². The highest BCUT2D eigenvalue weighted by molar-refractivity contribution is 5.75. The van der Waals surface area contributed by atoms with Crippen molar-refractivity contribution in [2.24, 2.45) is 0 Å². The van der Waals surface area contributed by atoms with E-state index in [9.17, 15) is 4.79 Å². The van der Waals surface area contributed by atoms with E-state index in [4.69, 9.17) is 14.2 Å². The first-order valence-electron chi connectivity index (χ1n) is 5.27. The van der Waals surface area contributed by atoms with Gasteiger partial charge in [-0.2, -0.15) is 0 Å². The molecule has 1 unspecified atom stereocenters. The molecule has 1 saturated heterocycles. The average Bonchev–Trinajstić information content (AvgIpc) is 2.29. The minimum atomic E-state index is -0.274. The van der Waals surface area contributed by atoms with Crippen LogP contribution in [0.25, 0.3) is 0 Å². The summed E-state index contributed by atoms with van der Waals surface area (Å²) in [5.41, 5.74) is 0. The third kappa shape index (κ3) is 3.77. The predicted octanol–water partition coefficient (Wildman–Crippen LogP) is -0.103. The first kappa shape index (κ1) is 12.4. The SMILES string of the molecule is CCOCCN1CCOCC1C(=O)OC. The zero-order valence-corrected chi connectivity index (χ0v) is 9.40. The molecule has 0 saturated carbocycles. The predicted molar refractivity (Wildman–Crippen MR) is 54.7 cm³/mol. The van der Waals surface area contributed by atoms with Crippen molar-refractivity contribution in [3.63, 3.8) is 0 Å². The van der Waals surface area contributed by atoms with Crippen molar-refractivity contribution in [1.82, 2.24) is 4.90 Å². The molecule has 5 heteroatoms. The lowest BCUT2D eigenvalue weighted by molar-refractivity contribution is -0.153. The summed E-state index contributed by atoms with van der Waals surface area (Å²) in [5.74, 6) is -0.230. The van der Waals surface area contributed by atoms with Crippen LogP contribution in [0.15, 0.2) is 0 Å². The number of hydrogen-bond acceptors (Lipinski definition) is 5. The molecule has 0 spiro atoms. The number of esters is 1. The Hall–Kier alpha value is -0.650. The highest BCUT2D eigenvalue weighted by Gasteiger charge is 2.29. The molecule has 0 radical (unpaired) electrons. The first-order chi connectivity index (χ1) is 7.29. The van der Waals surface area contributed by atoms with Crippen molar-refractivity contribution < 1.29 is 19.0 Å². The van der Waals surface area contributed by atoms with Crippen molar-refractivity contribution >= 4 is 5.97 Å².